The van der Waals surface area contributed by atoms with E-state index in [1.54, 1.807) is 0 Å². The van der Waals surface area contributed by atoms with Crippen LogP contribution in [0.1, 0.15) is 24.5 Å². The molecule has 0 spiro atoms. The molecule has 0 saturated heterocycles. The van der Waals surface area contributed by atoms with Crippen molar-refractivity contribution >= 4 is 80.9 Å². The third kappa shape index (κ3) is 4.98. The van der Waals surface area contributed by atoms with Crippen LogP contribution in [-0.4, -0.2) is 15.0 Å². The SMILES string of the molecule is CC/C=C\c1cc(-c2ccc3cc(-c4nc(-c5nc6ccc7sc8ccccc8c7c6c6ccccc56)nc5ccccc45)ccc3c2)ccc1C. The molecule has 0 radical (unpaired) electrons. The van der Waals surface area contributed by atoms with E-state index in [0.29, 0.717) is 5.82 Å². The molecule has 0 aliphatic carbocycles. The predicted octanol–water partition coefficient (Wildman–Crippen LogP) is 13.6. The molecule has 0 aliphatic heterocycles. The third-order valence-corrected chi connectivity index (χ3v) is 11.4. The number of rotatable bonds is 5. The van der Waals surface area contributed by atoms with Crippen LogP contribution in [0.4, 0.5) is 0 Å². The van der Waals surface area contributed by atoms with Crippen LogP contribution in [0.25, 0.3) is 104 Å². The van der Waals surface area contributed by atoms with Gasteiger partial charge in [0, 0.05) is 41.9 Å². The zero-order valence-corrected chi connectivity index (χ0v) is 29.7. The summed E-state index contributed by atoms with van der Waals surface area (Å²) in [5, 5.41) is 9.32. The third-order valence-electron chi connectivity index (χ3n) is 10.3. The summed E-state index contributed by atoms with van der Waals surface area (Å²) < 4.78 is 2.56. The van der Waals surface area contributed by atoms with Crippen molar-refractivity contribution in [2.24, 2.45) is 0 Å². The molecule has 52 heavy (non-hydrogen) atoms. The standard InChI is InChI=1S/C48H33N3S/c1-3-4-11-30-26-31(19-18-29(30)2)32-20-21-34-28-35(23-22-33(34)27-32)46-38-14-7-9-16-40(38)50-48(51-46)47-37-13-6-5-12-36(37)44-41(49-47)24-25-43-45(44)39-15-8-10-17-42(39)52-43/h4-28H,3H2,1-2H3/b11-4-. The number of allylic oxidation sites excluding steroid dienone is 1. The number of benzene rings is 7. The Labute approximate surface area is 305 Å². The number of fused-ring (bicyclic) bond motifs is 9. The van der Waals surface area contributed by atoms with Gasteiger partial charge in [-0.3, -0.25) is 0 Å². The number of pyridine rings is 1. The molecule has 246 valence electrons. The quantitative estimate of drug-likeness (QED) is 0.170. The Hall–Kier alpha value is -6.23. The largest absolute Gasteiger partial charge is 0.244 e. The summed E-state index contributed by atoms with van der Waals surface area (Å²) in [5.41, 5.74) is 9.60. The lowest BCUT2D eigenvalue weighted by Gasteiger charge is -2.13. The van der Waals surface area contributed by atoms with Gasteiger partial charge in [-0.1, -0.05) is 116 Å². The van der Waals surface area contributed by atoms with E-state index >= 15 is 0 Å². The lowest BCUT2D eigenvalue weighted by Crippen LogP contribution is -1.98. The van der Waals surface area contributed by atoms with Crippen LogP contribution in [0.5, 0.6) is 0 Å². The second-order valence-corrected chi connectivity index (χ2v) is 14.6. The second-order valence-electron chi connectivity index (χ2n) is 13.5. The lowest BCUT2D eigenvalue weighted by atomic mass is 9.96. The molecular formula is C48H33N3S. The molecule has 3 nitrogen and oxygen atoms in total. The fraction of sp³-hybridized carbons (Fsp3) is 0.0625. The summed E-state index contributed by atoms with van der Waals surface area (Å²) in [6.07, 6.45) is 5.47. The van der Waals surface area contributed by atoms with E-state index in [2.05, 4.69) is 159 Å². The van der Waals surface area contributed by atoms with Crippen molar-refractivity contribution in [3.8, 4) is 33.9 Å². The monoisotopic (exact) mass is 683 g/mol. The van der Waals surface area contributed by atoms with Crippen LogP contribution in [0.3, 0.4) is 0 Å². The molecule has 0 N–H and O–H groups in total. The van der Waals surface area contributed by atoms with Crippen molar-refractivity contribution < 1.29 is 0 Å². The summed E-state index contributed by atoms with van der Waals surface area (Å²) >= 11 is 1.84. The van der Waals surface area contributed by atoms with Crippen molar-refractivity contribution in [2.45, 2.75) is 20.3 Å². The Morgan fingerprint density at radius 1 is 0.519 bits per heavy atom. The van der Waals surface area contributed by atoms with E-state index < -0.39 is 0 Å². The minimum atomic E-state index is 0.629. The van der Waals surface area contributed by atoms with Crippen molar-refractivity contribution in [3.63, 3.8) is 0 Å². The number of hydrogen-bond acceptors (Lipinski definition) is 4. The van der Waals surface area contributed by atoms with Crippen molar-refractivity contribution in [2.75, 3.05) is 0 Å². The zero-order valence-electron chi connectivity index (χ0n) is 28.9. The van der Waals surface area contributed by atoms with E-state index in [4.69, 9.17) is 15.0 Å². The number of aromatic nitrogens is 3. The van der Waals surface area contributed by atoms with Gasteiger partial charge in [-0.05, 0) is 94.2 Å². The second kappa shape index (κ2) is 12.2. The van der Waals surface area contributed by atoms with Gasteiger partial charge in [0.1, 0.15) is 5.69 Å². The highest BCUT2D eigenvalue weighted by molar-refractivity contribution is 7.26. The molecule has 0 saturated carbocycles. The lowest BCUT2D eigenvalue weighted by molar-refractivity contribution is 1.20. The molecule has 10 aromatic rings. The number of para-hydroxylation sites is 1. The summed E-state index contributed by atoms with van der Waals surface area (Å²) in [4.78, 5) is 15.8. The van der Waals surface area contributed by atoms with Gasteiger partial charge in [-0.2, -0.15) is 0 Å². The summed E-state index contributed by atoms with van der Waals surface area (Å²) in [6.45, 7) is 4.34. The number of thiophene rings is 1. The van der Waals surface area contributed by atoms with Gasteiger partial charge in [-0.25, -0.2) is 15.0 Å². The maximum atomic E-state index is 5.34. The molecule has 7 aromatic carbocycles. The van der Waals surface area contributed by atoms with Gasteiger partial charge in [-0.15, -0.1) is 11.3 Å². The number of nitrogens with zero attached hydrogens (tertiary/aromatic N) is 3. The Kier molecular flexibility index (Phi) is 7.19. The zero-order chi connectivity index (χ0) is 34.8. The van der Waals surface area contributed by atoms with E-state index in [-0.39, 0.29) is 0 Å². The van der Waals surface area contributed by atoms with Crippen molar-refractivity contribution in [3.05, 3.63) is 157 Å². The fourth-order valence-corrected chi connectivity index (χ4v) is 8.76. The van der Waals surface area contributed by atoms with E-state index in [1.807, 2.05) is 17.4 Å². The molecule has 0 amide bonds. The summed E-state index contributed by atoms with van der Waals surface area (Å²) in [5.74, 6) is 0.629. The van der Waals surface area contributed by atoms with Gasteiger partial charge in [0.05, 0.1) is 16.7 Å². The Morgan fingerprint density at radius 3 is 2.06 bits per heavy atom. The molecule has 3 heterocycles. The van der Waals surface area contributed by atoms with Crippen LogP contribution in [0.2, 0.25) is 0 Å². The molecule has 3 aromatic heterocycles. The number of aryl methyl sites for hydroxylation is 1. The molecule has 10 rings (SSSR count). The van der Waals surface area contributed by atoms with Crippen LogP contribution in [0, 0.1) is 6.92 Å². The first kappa shape index (κ1) is 30.6. The van der Waals surface area contributed by atoms with Crippen molar-refractivity contribution in [1.29, 1.82) is 0 Å². The van der Waals surface area contributed by atoms with Gasteiger partial charge in [0.25, 0.3) is 0 Å². The van der Waals surface area contributed by atoms with Crippen molar-refractivity contribution in [1.82, 2.24) is 15.0 Å². The van der Waals surface area contributed by atoms with Crippen LogP contribution in [-0.2, 0) is 0 Å². The van der Waals surface area contributed by atoms with E-state index in [0.717, 1.165) is 45.2 Å². The molecule has 4 heteroatoms. The molecule has 0 bridgehead atoms. The summed E-state index contributed by atoms with van der Waals surface area (Å²) in [7, 11) is 0. The predicted molar refractivity (Wildman–Crippen MR) is 223 cm³/mol. The molecule has 0 unspecified atom stereocenters. The Morgan fingerprint density at radius 2 is 1.21 bits per heavy atom. The van der Waals surface area contributed by atoms with E-state index in [9.17, 15) is 0 Å². The minimum absolute atomic E-state index is 0.629. The number of hydrogen-bond donors (Lipinski definition) is 0. The first-order chi connectivity index (χ1) is 25.6. The fourth-order valence-electron chi connectivity index (χ4n) is 7.65. The highest BCUT2D eigenvalue weighted by Gasteiger charge is 2.19. The Bertz CT molecular complexity index is 3080. The normalized spacial score (nSPS) is 12.0. The molecule has 0 fully saturated rings. The first-order valence-corrected chi connectivity index (χ1v) is 18.7. The topological polar surface area (TPSA) is 38.7 Å². The highest BCUT2D eigenvalue weighted by atomic mass is 32.1. The first-order valence-electron chi connectivity index (χ1n) is 17.8. The van der Waals surface area contributed by atoms with Crippen LogP contribution in [0.15, 0.2) is 146 Å². The highest BCUT2D eigenvalue weighted by Crippen LogP contribution is 2.42. The molecule has 0 aliphatic rings. The molecular weight excluding hydrogens is 651 g/mol. The average molecular weight is 684 g/mol. The van der Waals surface area contributed by atoms with Gasteiger partial charge in [0.2, 0.25) is 0 Å². The van der Waals surface area contributed by atoms with Gasteiger partial charge < -0.3 is 0 Å². The Balaban J connectivity index is 1.14. The minimum Gasteiger partial charge on any atom is -0.244 e. The van der Waals surface area contributed by atoms with Gasteiger partial charge >= 0.3 is 0 Å². The maximum Gasteiger partial charge on any atom is 0.179 e. The maximum absolute atomic E-state index is 5.34. The van der Waals surface area contributed by atoms with Crippen LogP contribution >= 0.6 is 11.3 Å². The molecule has 0 atom stereocenters. The van der Waals surface area contributed by atoms with Gasteiger partial charge in [0.15, 0.2) is 5.82 Å². The summed E-state index contributed by atoms with van der Waals surface area (Å²) in [6, 6.07) is 50.1. The smallest absolute Gasteiger partial charge is 0.179 e. The average Bonchev–Trinajstić information content (AvgIpc) is 3.58. The van der Waals surface area contributed by atoms with E-state index in [1.165, 1.54) is 64.0 Å². The van der Waals surface area contributed by atoms with Crippen LogP contribution < -0.4 is 0 Å².